The van der Waals surface area contributed by atoms with Crippen LogP contribution in [-0.4, -0.2) is 25.3 Å². The molecule has 1 aliphatic rings. The first-order valence-corrected chi connectivity index (χ1v) is 7.13. The fourth-order valence-electron chi connectivity index (χ4n) is 2.97. The van der Waals surface area contributed by atoms with Crippen molar-refractivity contribution in [2.75, 3.05) is 13.7 Å². The van der Waals surface area contributed by atoms with Crippen LogP contribution >= 0.6 is 0 Å². The molecule has 0 aromatic heterocycles. The minimum absolute atomic E-state index is 0.0480. The second-order valence-electron chi connectivity index (χ2n) is 5.25. The number of methoxy groups -OCH3 is 1. The largest absolute Gasteiger partial charge is 0.377 e. The van der Waals surface area contributed by atoms with E-state index in [4.69, 9.17) is 4.74 Å². The van der Waals surface area contributed by atoms with Crippen LogP contribution in [0.15, 0.2) is 12.2 Å². The van der Waals surface area contributed by atoms with Gasteiger partial charge in [-0.1, -0.05) is 45.3 Å². The highest BCUT2D eigenvalue weighted by Gasteiger charge is 2.39. The molecule has 0 heterocycles. The van der Waals surface area contributed by atoms with Gasteiger partial charge in [0.05, 0.1) is 5.60 Å². The molecule has 1 atom stereocenters. The second kappa shape index (κ2) is 7.17. The summed E-state index contributed by atoms with van der Waals surface area (Å²) in [5.41, 5.74) is 1.38. The zero-order valence-electron chi connectivity index (χ0n) is 11.8. The number of hydrogen-bond acceptors (Lipinski definition) is 2. The molecule has 100 valence electrons. The molecule has 0 amide bonds. The van der Waals surface area contributed by atoms with Gasteiger partial charge in [0, 0.05) is 13.2 Å². The van der Waals surface area contributed by atoms with E-state index in [-0.39, 0.29) is 5.60 Å². The maximum absolute atomic E-state index is 5.94. The Kier molecular flexibility index (Phi) is 6.21. The number of ether oxygens (including phenoxy) is 1. The molecule has 1 saturated carbocycles. The summed E-state index contributed by atoms with van der Waals surface area (Å²) in [6.07, 6.45) is 8.47. The molecule has 1 N–H and O–H groups in total. The Hall–Kier alpha value is -0.340. The van der Waals surface area contributed by atoms with E-state index in [9.17, 15) is 0 Å². The molecule has 0 aromatic rings. The van der Waals surface area contributed by atoms with Crippen LogP contribution in [0.2, 0.25) is 0 Å². The van der Waals surface area contributed by atoms with Crippen LogP contribution in [-0.2, 0) is 4.74 Å². The predicted molar refractivity (Wildman–Crippen MR) is 74.3 cm³/mol. The third-order valence-corrected chi connectivity index (χ3v) is 4.18. The fraction of sp³-hybridized carbons (Fsp3) is 0.867. The highest BCUT2D eigenvalue weighted by atomic mass is 16.5. The van der Waals surface area contributed by atoms with E-state index < -0.39 is 0 Å². The Morgan fingerprint density at radius 1 is 1.29 bits per heavy atom. The maximum atomic E-state index is 5.94. The van der Waals surface area contributed by atoms with Gasteiger partial charge in [-0.25, -0.2) is 0 Å². The number of hydrogen-bond donors (Lipinski definition) is 1. The average Bonchev–Trinajstić information content (AvgIpc) is 2.38. The molecule has 17 heavy (non-hydrogen) atoms. The first-order chi connectivity index (χ1) is 8.18. The zero-order valence-corrected chi connectivity index (χ0v) is 11.8. The van der Waals surface area contributed by atoms with Crippen LogP contribution in [0, 0.1) is 0 Å². The van der Waals surface area contributed by atoms with E-state index in [1.54, 1.807) is 0 Å². The Morgan fingerprint density at radius 2 is 1.94 bits per heavy atom. The highest BCUT2D eigenvalue weighted by molar-refractivity contribution is 5.04. The molecule has 0 bridgehead atoms. The van der Waals surface area contributed by atoms with Gasteiger partial charge in [-0.05, 0) is 32.2 Å². The van der Waals surface area contributed by atoms with Crippen molar-refractivity contribution in [3.05, 3.63) is 12.2 Å². The molecule has 2 nitrogen and oxygen atoms in total. The van der Waals surface area contributed by atoms with Crippen LogP contribution in [0.3, 0.4) is 0 Å². The van der Waals surface area contributed by atoms with E-state index in [2.05, 4.69) is 25.7 Å². The van der Waals surface area contributed by atoms with Crippen molar-refractivity contribution in [3.8, 4) is 0 Å². The summed E-state index contributed by atoms with van der Waals surface area (Å²) in [6.45, 7) is 9.53. The van der Waals surface area contributed by atoms with Gasteiger partial charge in [0.25, 0.3) is 0 Å². The van der Waals surface area contributed by atoms with Crippen LogP contribution in [0.4, 0.5) is 0 Å². The zero-order chi connectivity index (χ0) is 12.7. The van der Waals surface area contributed by atoms with Gasteiger partial charge in [-0.15, -0.1) is 0 Å². The Labute approximate surface area is 107 Å². The maximum Gasteiger partial charge on any atom is 0.0834 e. The van der Waals surface area contributed by atoms with Crippen LogP contribution in [0.1, 0.15) is 58.8 Å². The van der Waals surface area contributed by atoms with Gasteiger partial charge in [-0.3, -0.25) is 0 Å². The summed E-state index contributed by atoms with van der Waals surface area (Å²) in [7, 11) is 1.88. The summed E-state index contributed by atoms with van der Waals surface area (Å²) in [5, 5.41) is 3.62. The summed E-state index contributed by atoms with van der Waals surface area (Å²) in [6, 6.07) is 0.435. The number of nitrogens with one attached hydrogen (secondary N) is 1. The molecule has 1 unspecified atom stereocenters. The standard InChI is InChI=1S/C15H29NO/c1-5-13(3)12-14(16-6-2)15(17-4)10-8-7-9-11-15/h14,16H,3,5-12H2,1-2,4H3. The molecule has 1 aliphatic carbocycles. The summed E-state index contributed by atoms with van der Waals surface area (Å²) >= 11 is 0. The van der Waals surface area contributed by atoms with E-state index in [1.165, 1.54) is 37.7 Å². The lowest BCUT2D eigenvalue weighted by Crippen LogP contribution is -2.53. The monoisotopic (exact) mass is 239 g/mol. The smallest absolute Gasteiger partial charge is 0.0834 e. The molecule has 1 fully saturated rings. The lowest BCUT2D eigenvalue weighted by molar-refractivity contribution is -0.0670. The molecular weight excluding hydrogens is 210 g/mol. The topological polar surface area (TPSA) is 21.3 Å². The molecule has 0 aromatic carbocycles. The first-order valence-electron chi connectivity index (χ1n) is 7.13. The van der Waals surface area contributed by atoms with Crippen molar-refractivity contribution in [1.82, 2.24) is 5.32 Å². The minimum Gasteiger partial charge on any atom is -0.377 e. The van der Waals surface area contributed by atoms with Crippen molar-refractivity contribution < 1.29 is 4.74 Å². The highest BCUT2D eigenvalue weighted by Crippen LogP contribution is 2.36. The number of rotatable bonds is 7. The molecule has 0 aliphatic heterocycles. The van der Waals surface area contributed by atoms with Gasteiger partial charge in [-0.2, -0.15) is 0 Å². The summed E-state index contributed by atoms with van der Waals surface area (Å²) in [5.74, 6) is 0. The molecule has 1 rings (SSSR count). The number of likely N-dealkylation sites (N-methyl/N-ethyl adjacent to an activating group) is 1. The lowest BCUT2D eigenvalue weighted by atomic mass is 9.77. The fourth-order valence-corrected chi connectivity index (χ4v) is 2.97. The molecule has 0 spiro atoms. The van der Waals surface area contributed by atoms with E-state index in [1.807, 2.05) is 7.11 Å². The van der Waals surface area contributed by atoms with Gasteiger partial charge >= 0.3 is 0 Å². The lowest BCUT2D eigenvalue weighted by Gasteiger charge is -2.43. The Bertz CT molecular complexity index is 231. The normalized spacial score (nSPS) is 21.1. The molecular formula is C15H29NO. The summed E-state index contributed by atoms with van der Waals surface area (Å²) < 4.78 is 5.94. The third kappa shape index (κ3) is 3.82. The first kappa shape index (κ1) is 14.7. The Morgan fingerprint density at radius 3 is 2.41 bits per heavy atom. The summed E-state index contributed by atoms with van der Waals surface area (Å²) in [4.78, 5) is 0. The second-order valence-corrected chi connectivity index (χ2v) is 5.25. The van der Waals surface area contributed by atoms with E-state index in [0.29, 0.717) is 6.04 Å². The van der Waals surface area contributed by atoms with Crippen molar-refractivity contribution in [2.24, 2.45) is 0 Å². The van der Waals surface area contributed by atoms with Crippen LogP contribution in [0.5, 0.6) is 0 Å². The van der Waals surface area contributed by atoms with Gasteiger partial charge in [0.15, 0.2) is 0 Å². The third-order valence-electron chi connectivity index (χ3n) is 4.18. The molecule has 0 radical (unpaired) electrons. The van der Waals surface area contributed by atoms with Crippen LogP contribution < -0.4 is 5.32 Å². The van der Waals surface area contributed by atoms with Crippen LogP contribution in [0.25, 0.3) is 0 Å². The predicted octanol–water partition coefficient (Wildman–Crippen LogP) is 3.67. The van der Waals surface area contributed by atoms with E-state index >= 15 is 0 Å². The van der Waals surface area contributed by atoms with Crippen molar-refractivity contribution in [1.29, 1.82) is 0 Å². The quantitative estimate of drug-likeness (QED) is 0.684. The Balaban J connectivity index is 2.73. The molecule has 0 saturated heterocycles. The molecule has 2 heteroatoms. The van der Waals surface area contributed by atoms with Gasteiger partial charge in [0.2, 0.25) is 0 Å². The van der Waals surface area contributed by atoms with Crippen molar-refractivity contribution in [3.63, 3.8) is 0 Å². The van der Waals surface area contributed by atoms with Crippen molar-refractivity contribution in [2.45, 2.75) is 70.4 Å². The average molecular weight is 239 g/mol. The van der Waals surface area contributed by atoms with Gasteiger partial charge in [0.1, 0.15) is 0 Å². The van der Waals surface area contributed by atoms with Crippen molar-refractivity contribution >= 4 is 0 Å². The van der Waals surface area contributed by atoms with Gasteiger partial charge < -0.3 is 10.1 Å². The minimum atomic E-state index is 0.0480. The SMILES string of the molecule is C=C(CC)CC(NCC)C1(OC)CCCCC1. The van der Waals surface area contributed by atoms with E-state index in [0.717, 1.165) is 19.4 Å².